The van der Waals surface area contributed by atoms with Crippen molar-refractivity contribution in [1.82, 2.24) is 5.32 Å². The highest BCUT2D eigenvalue weighted by atomic mass is 16.5. The Morgan fingerprint density at radius 1 is 1.24 bits per heavy atom. The Labute approximate surface area is 150 Å². The minimum absolute atomic E-state index is 0.156. The van der Waals surface area contributed by atoms with E-state index < -0.39 is 0 Å². The number of carbonyl (C=O) groups excluding carboxylic acids is 1. The van der Waals surface area contributed by atoms with E-state index >= 15 is 0 Å². The molecule has 1 N–H and O–H groups in total. The Hall–Kier alpha value is -2.28. The van der Waals surface area contributed by atoms with Gasteiger partial charge in [-0.05, 0) is 43.0 Å². The van der Waals surface area contributed by atoms with Gasteiger partial charge in [0.15, 0.2) is 0 Å². The van der Waals surface area contributed by atoms with Gasteiger partial charge in [-0.1, -0.05) is 51.2 Å². The third-order valence-corrected chi connectivity index (χ3v) is 4.51. The molecule has 4 nitrogen and oxygen atoms in total. The Morgan fingerprint density at radius 3 is 2.52 bits per heavy atom. The van der Waals surface area contributed by atoms with Crippen molar-refractivity contribution in [3.05, 3.63) is 35.4 Å². The third kappa shape index (κ3) is 6.62. The van der Waals surface area contributed by atoms with Crippen molar-refractivity contribution in [3.8, 4) is 11.8 Å². The van der Waals surface area contributed by atoms with E-state index in [9.17, 15) is 10.1 Å². The number of hydrogen-bond donors (Lipinski definition) is 1. The molecule has 0 unspecified atom stereocenters. The highest BCUT2D eigenvalue weighted by Gasteiger charge is 2.17. The maximum Gasteiger partial charge on any atom is 0.262 e. The minimum Gasteiger partial charge on any atom is -0.494 e. The first-order valence-corrected chi connectivity index (χ1v) is 9.38. The molecule has 4 heteroatoms. The van der Waals surface area contributed by atoms with Gasteiger partial charge in [0.05, 0.1) is 6.61 Å². The van der Waals surface area contributed by atoms with Crippen LogP contribution in [0, 0.1) is 11.3 Å². The molecule has 1 amide bonds. The zero-order chi connectivity index (χ0) is 17.9. The summed E-state index contributed by atoms with van der Waals surface area (Å²) in [4.78, 5) is 12.4. The van der Waals surface area contributed by atoms with Gasteiger partial charge >= 0.3 is 0 Å². The van der Waals surface area contributed by atoms with Crippen LogP contribution in [-0.2, 0) is 4.79 Å². The fourth-order valence-corrected chi connectivity index (χ4v) is 3.00. The predicted molar refractivity (Wildman–Crippen MR) is 100 cm³/mol. The molecule has 1 saturated carbocycles. The standard InChI is InChI=1S/C21H28N2O2/c1-2-3-14-25-20-12-10-17(11-13-20)15-18(16-22)21(24)23-19-8-6-4-5-7-9-19/h10-13,15,19H,2-9,14H2,1H3,(H,23,24)/b18-15+. The van der Waals surface area contributed by atoms with Crippen LogP contribution < -0.4 is 10.1 Å². The zero-order valence-corrected chi connectivity index (χ0v) is 15.1. The smallest absolute Gasteiger partial charge is 0.262 e. The molecule has 0 bridgehead atoms. The van der Waals surface area contributed by atoms with Crippen molar-refractivity contribution in [2.45, 2.75) is 64.3 Å². The van der Waals surface area contributed by atoms with Crippen LogP contribution in [0.3, 0.4) is 0 Å². The third-order valence-electron chi connectivity index (χ3n) is 4.51. The minimum atomic E-state index is -0.266. The van der Waals surface area contributed by atoms with Crippen LogP contribution in [0.4, 0.5) is 0 Å². The monoisotopic (exact) mass is 340 g/mol. The van der Waals surface area contributed by atoms with Crippen LogP contribution in [0.25, 0.3) is 6.08 Å². The van der Waals surface area contributed by atoms with E-state index in [2.05, 4.69) is 12.2 Å². The number of ether oxygens (including phenoxy) is 1. The predicted octanol–water partition coefficient (Wildman–Crippen LogP) is 4.61. The van der Waals surface area contributed by atoms with Crippen molar-refractivity contribution in [3.63, 3.8) is 0 Å². The molecule has 0 heterocycles. The van der Waals surface area contributed by atoms with Gasteiger partial charge in [-0.25, -0.2) is 0 Å². The first kappa shape index (κ1) is 19.1. The Bertz CT molecular complexity index is 606. The first-order chi connectivity index (χ1) is 12.2. The van der Waals surface area contributed by atoms with Crippen LogP contribution in [0.5, 0.6) is 5.75 Å². The van der Waals surface area contributed by atoms with Gasteiger partial charge in [0.25, 0.3) is 5.91 Å². The molecule has 0 radical (unpaired) electrons. The number of amides is 1. The van der Waals surface area contributed by atoms with Gasteiger partial charge in [0, 0.05) is 6.04 Å². The lowest BCUT2D eigenvalue weighted by atomic mass is 10.1. The van der Waals surface area contributed by atoms with Gasteiger partial charge in [0.1, 0.15) is 17.4 Å². The number of rotatable bonds is 7. The van der Waals surface area contributed by atoms with E-state index in [-0.39, 0.29) is 17.5 Å². The fourth-order valence-electron chi connectivity index (χ4n) is 3.00. The van der Waals surface area contributed by atoms with Crippen molar-refractivity contribution < 1.29 is 9.53 Å². The average molecular weight is 340 g/mol. The van der Waals surface area contributed by atoms with E-state index in [4.69, 9.17) is 4.74 Å². The quantitative estimate of drug-likeness (QED) is 0.341. The second-order valence-electron chi connectivity index (χ2n) is 6.60. The highest BCUT2D eigenvalue weighted by Crippen LogP contribution is 2.18. The number of nitriles is 1. The van der Waals surface area contributed by atoms with Crippen LogP contribution in [0.15, 0.2) is 29.8 Å². The maximum atomic E-state index is 12.4. The largest absolute Gasteiger partial charge is 0.494 e. The molecule has 0 atom stereocenters. The number of benzene rings is 1. The molecule has 2 rings (SSSR count). The van der Waals surface area contributed by atoms with Crippen molar-refractivity contribution in [1.29, 1.82) is 5.26 Å². The summed E-state index contributed by atoms with van der Waals surface area (Å²) in [7, 11) is 0. The second-order valence-corrected chi connectivity index (χ2v) is 6.60. The lowest BCUT2D eigenvalue weighted by Crippen LogP contribution is -2.35. The molecule has 0 spiro atoms. The van der Waals surface area contributed by atoms with Crippen molar-refractivity contribution in [2.24, 2.45) is 0 Å². The van der Waals surface area contributed by atoms with Crippen LogP contribution in [-0.4, -0.2) is 18.6 Å². The Kier molecular flexibility index (Phi) is 8.04. The van der Waals surface area contributed by atoms with Crippen LogP contribution in [0.1, 0.15) is 63.9 Å². The lowest BCUT2D eigenvalue weighted by molar-refractivity contribution is -0.117. The van der Waals surface area contributed by atoms with Crippen LogP contribution >= 0.6 is 0 Å². The van der Waals surface area contributed by atoms with E-state index in [0.717, 1.165) is 49.8 Å². The fraction of sp³-hybridized carbons (Fsp3) is 0.524. The topological polar surface area (TPSA) is 62.1 Å². The Morgan fingerprint density at radius 2 is 1.92 bits per heavy atom. The first-order valence-electron chi connectivity index (χ1n) is 9.38. The van der Waals surface area contributed by atoms with Gasteiger partial charge in [-0.3, -0.25) is 4.79 Å². The normalized spacial score (nSPS) is 15.9. The molecule has 1 aliphatic rings. The summed E-state index contributed by atoms with van der Waals surface area (Å²) in [6.45, 7) is 2.83. The molecule has 134 valence electrons. The summed E-state index contributed by atoms with van der Waals surface area (Å²) in [6, 6.07) is 9.72. The molecule has 0 saturated heterocycles. The molecule has 0 aromatic heterocycles. The van der Waals surface area contributed by atoms with E-state index in [1.54, 1.807) is 6.08 Å². The summed E-state index contributed by atoms with van der Waals surface area (Å²) >= 11 is 0. The van der Waals surface area contributed by atoms with E-state index in [1.807, 2.05) is 30.3 Å². The summed E-state index contributed by atoms with van der Waals surface area (Å²) < 4.78 is 5.63. The highest BCUT2D eigenvalue weighted by molar-refractivity contribution is 6.01. The molecule has 1 fully saturated rings. The SMILES string of the molecule is CCCCOc1ccc(/C=C(\C#N)C(=O)NC2CCCCCC2)cc1. The summed E-state index contributed by atoms with van der Waals surface area (Å²) in [5.74, 6) is 0.546. The maximum absolute atomic E-state index is 12.4. The second kappa shape index (κ2) is 10.6. The molecule has 0 aliphatic heterocycles. The molecule has 1 aromatic carbocycles. The zero-order valence-electron chi connectivity index (χ0n) is 15.1. The number of unbranched alkanes of at least 4 members (excludes halogenated alkanes) is 1. The van der Waals surface area contributed by atoms with E-state index in [0.29, 0.717) is 6.61 Å². The molecular formula is C21H28N2O2. The Balaban J connectivity index is 1.96. The van der Waals surface area contributed by atoms with Gasteiger partial charge in [-0.15, -0.1) is 0 Å². The number of nitrogens with zero attached hydrogens (tertiary/aromatic N) is 1. The summed E-state index contributed by atoms with van der Waals surface area (Å²) in [6.07, 6.45) is 10.6. The number of carbonyl (C=O) groups is 1. The van der Waals surface area contributed by atoms with Crippen molar-refractivity contribution in [2.75, 3.05) is 6.61 Å². The summed E-state index contributed by atoms with van der Waals surface area (Å²) in [5.41, 5.74) is 0.985. The number of nitrogens with one attached hydrogen (secondary N) is 1. The van der Waals surface area contributed by atoms with Gasteiger partial charge < -0.3 is 10.1 Å². The number of hydrogen-bond acceptors (Lipinski definition) is 3. The molecule has 1 aromatic rings. The lowest BCUT2D eigenvalue weighted by Gasteiger charge is -2.15. The average Bonchev–Trinajstić information content (AvgIpc) is 2.89. The van der Waals surface area contributed by atoms with Crippen LogP contribution in [0.2, 0.25) is 0 Å². The van der Waals surface area contributed by atoms with Gasteiger partial charge in [0.2, 0.25) is 0 Å². The van der Waals surface area contributed by atoms with E-state index in [1.165, 1.54) is 12.8 Å². The molecular weight excluding hydrogens is 312 g/mol. The van der Waals surface area contributed by atoms with Gasteiger partial charge in [-0.2, -0.15) is 5.26 Å². The van der Waals surface area contributed by atoms with Crippen molar-refractivity contribution >= 4 is 12.0 Å². The molecule has 1 aliphatic carbocycles. The molecule has 25 heavy (non-hydrogen) atoms. The summed E-state index contributed by atoms with van der Waals surface area (Å²) in [5, 5.41) is 12.4.